The second-order valence-electron chi connectivity index (χ2n) is 9.89. The molecule has 0 saturated carbocycles. The van der Waals surface area contributed by atoms with E-state index in [0.717, 1.165) is 10.2 Å². The maximum absolute atomic E-state index is 12.8. The smallest absolute Gasteiger partial charge is 0.307 e. The zero-order valence-corrected chi connectivity index (χ0v) is 24.3. The van der Waals surface area contributed by atoms with Gasteiger partial charge >= 0.3 is 5.97 Å². The monoisotopic (exact) mass is 607 g/mol. The molecule has 1 atom stereocenters. The largest absolute Gasteiger partial charge is 0.481 e. The van der Waals surface area contributed by atoms with Crippen LogP contribution in [0.3, 0.4) is 0 Å². The molecule has 1 aliphatic rings. The van der Waals surface area contributed by atoms with Crippen molar-refractivity contribution in [1.29, 1.82) is 0 Å². The molecule has 2 aromatic heterocycles. The predicted molar refractivity (Wildman–Crippen MR) is 160 cm³/mol. The molecule has 4 aromatic rings. The number of benzene rings is 2. The van der Waals surface area contributed by atoms with Gasteiger partial charge < -0.3 is 15.2 Å². The van der Waals surface area contributed by atoms with Gasteiger partial charge in [-0.3, -0.25) is 19.3 Å². The summed E-state index contributed by atoms with van der Waals surface area (Å²) < 4.78 is 6.66. The first-order valence-corrected chi connectivity index (χ1v) is 13.8. The molecule has 1 aliphatic heterocycles. The number of hydrogen-bond donors (Lipinski definition) is 2. The Hall–Kier alpha value is -4.25. The van der Waals surface area contributed by atoms with Gasteiger partial charge in [0.15, 0.2) is 0 Å². The number of amides is 1. The summed E-state index contributed by atoms with van der Waals surface area (Å²) in [4.78, 5) is 43.3. The minimum atomic E-state index is -0.778. The number of halogens is 2. The fraction of sp³-hybridized carbons (Fsp3) is 0.233. The Bertz CT molecular complexity index is 1740. The number of aryl methyl sites for hydroxylation is 1. The standard InChI is InChI=1S/C30H27Cl2N5O5/c1-36-29(39)22(11-13-33-36)27(38)34-24-8-4-6-20(26(24)32)19-5-3-7-21(25(19)31)23-10-9-17(28(35-23)42-2)15-37-14-12-18(16-37)30(40)41/h3-11,13,18H,12,14-16H2,1-2H3,(H,34,38)(H,40,41)/t18-/m1/s1. The first-order valence-electron chi connectivity index (χ1n) is 13.1. The zero-order valence-electron chi connectivity index (χ0n) is 22.8. The van der Waals surface area contributed by atoms with Crippen LogP contribution in [0.15, 0.2) is 65.6 Å². The molecular weight excluding hydrogens is 581 g/mol. The van der Waals surface area contributed by atoms with E-state index in [1.54, 1.807) is 25.3 Å². The second kappa shape index (κ2) is 12.3. The SMILES string of the molecule is COc1nc(-c2cccc(-c3cccc(NC(=O)c4ccnn(C)c4=O)c3Cl)c2Cl)ccc1CN1CC[C@@H](C(=O)O)C1. The number of rotatable bonds is 8. The van der Waals surface area contributed by atoms with Crippen LogP contribution in [0.25, 0.3) is 22.4 Å². The number of carboxylic acid groups (broad SMARTS) is 1. The summed E-state index contributed by atoms with van der Waals surface area (Å²) in [6.07, 6.45) is 1.98. The first-order chi connectivity index (χ1) is 20.2. The van der Waals surface area contributed by atoms with Gasteiger partial charge in [-0.25, -0.2) is 9.67 Å². The average molecular weight is 608 g/mol. The maximum atomic E-state index is 12.8. The van der Waals surface area contributed by atoms with Crippen molar-refractivity contribution in [3.63, 3.8) is 0 Å². The fourth-order valence-electron chi connectivity index (χ4n) is 4.98. The molecule has 2 aromatic carbocycles. The topological polar surface area (TPSA) is 127 Å². The number of carbonyl (C=O) groups excluding carboxylic acids is 1. The van der Waals surface area contributed by atoms with Gasteiger partial charge in [-0.2, -0.15) is 5.10 Å². The number of anilines is 1. The lowest BCUT2D eigenvalue weighted by molar-refractivity contribution is -0.141. The molecule has 3 heterocycles. The first kappa shape index (κ1) is 29.2. The van der Waals surface area contributed by atoms with Crippen molar-refractivity contribution < 1.29 is 19.4 Å². The highest BCUT2D eigenvalue weighted by Gasteiger charge is 2.28. The number of nitrogens with one attached hydrogen (secondary N) is 1. The van der Waals surface area contributed by atoms with E-state index in [0.29, 0.717) is 65.0 Å². The van der Waals surface area contributed by atoms with Crippen LogP contribution in [0.5, 0.6) is 5.88 Å². The molecule has 10 nitrogen and oxygen atoms in total. The van der Waals surface area contributed by atoms with Crippen LogP contribution in [-0.4, -0.2) is 56.8 Å². The molecule has 0 aliphatic carbocycles. The highest BCUT2D eigenvalue weighted by atomic mass is 35.5. The molecule has 1 amide bonds. The van der Waals surface area contributed by atoms with Gasteiger partial charge in [-0.05, 0) is 31.2 Å². The summed E-state index contributed by atoms with van der Waals surface area (Å²) >= 11 is 13.7. The van der Waals surface area contributed by atoms with Crippen LogP contribution in [0.1, 0.15) is 22.3 Å². The van der Waals surface area contributed by atoms with Crippen LogP contribution < -0.4 is 15.6 Å². The average Bonchev–Trinajstić information content (AvgIpc) is 3.45. The van der Waals surface area contributed by atoms with E-state index < -0.39 is 17.4 Å². The van der Waals surface area contributed by atoms with E-state index in [-0.39, 0.29) is 16.5 Å². The molecule has 42 heavy (non-hydrogen) atoms. The van der Waals surface area contributed by atoms with E-state index in [1.165, 1.54) is 19.3 Å². The molecule has 0 radical (unpaired) electrons. The minimum absolute atomic E-state index is 0.0658. The number of pyridine rings is 1. The number of likely N-dealkylation sites (tertiary alicyclic amines) is 1. The van der Waals surface area contributed by atoms with Crippen molar-refractivity contribution in [3.05, 3.63) is 92.3 Å². The molecule has 5 rings (SSSR count). The molecule has 0 bridgehead atoms. The lowest BCUT2D eigenvalue weighted by Crippen LogP contribution is -2.28. The number of aromatic nitrogens is 3. The highest BCUT2D eigenvalue weighted by Crippen LogP contribution is 2.41. The lowest BCUT2D eigenvalue weighted by atomic mass is 10.00. The van der Waals surface area contributed by atoms with Crippen molar-refractivity contribution in [2.45, 2.75) is 13.0 Å². The molecule has 2 N–H and O–H groups in total. The van der Waals surface area contributed by atoms with E-state index >= 15 is 0 Å². The number of methoxy groups -OCH3 is 1. The van der Waals surface area contributed by atoms with E-state index in [2.05, 4.69) is 15.3 Å². The number of hydrogen-bond acceptors (Lipinski definition) is 7. The van der Waals surface area contributed by atoms with E-state index in [1.807, 2.05) is 30.3 Å². The quantitative estimate of drug-likeness (QED) is 0.287. The van der Waals surface area contributed by atoms with Crippen molar-refractivity contribution in [1.82, 2.24) is 19.7 Å². The number of ether oxygens (including phenoxy) is 1. The summed E-state index contributed by atoms with van der Waals surface area (Å²) in [7, 11) is 3.00. The molecule has 1 fully saturated rings. The lowest BCUT2D eigenvalue weighted by Gasteiger charge is -2.18. The van der Waals surface area contributed by atoms with Crippen molar-refractivity contribution >= 4 is 40.8 Å². The van der Waals surface area contributed by atoms with Crippen molar-refractivity contribution in [2.24, 2.45) is 13.0 Å². The normalized spacial score (nSPS) is 15.0. The third kappa shape index (κ3) is 5.87. The Morgan fingerprint density at radius 2 is 1.76 bits per heavy atom. The van der Waals surface area contributed by atoms with Gasteiger partial charge in [-0.1, -0.05) is 59.6 Å². The molecule has 0 unspecified atom stereocenters. The van der Waals surface area contributed by atoms with Gasteiger partial charge in [0.2, 0.25) is 5.88 Å². The number of carbonyl (C=O) groups is 2. The summed E-state index contributed by atoms with van der Waals surface area (Å²) in [5.41, 5.74) is 3.00. The zero-order chi connectivity index (χ0) is 30.0. The molecule has 0 spiro atoms. The van der Waals surface area contributed by atoms with Gasteiger partial charge in [0.25, 0.3) is 11.5 Å². The summed E-state index contributed by atoms with van der Waals surface area (Å²) in [6.45, 7) is 1.69. The highest BCUT2D eigenvalue weighted by molar-refractivity contribution is 6.39. The Balaban J connectivity index is 1.43. The van der Waals surface area contributed by atoms with Crippen LogP contribution >= 0.6 is 23.2 Å². The Morgan fingerprint density at radius 1 is 1.05 bits per heavy atom. The summed E-state index contributed by atoms with van der Waals surface area (Å²) in [5, 5.41) is 16.5. The van der Waals surface area contributed by atoms with Crippen molar-refractivity contribution in [2.75, 3.05) is 25.5 Å². The molecule has 1 saturated heterocycles. The van der Waals surface area contributed by atoms with E-state index in [9.17, 15) is 19.5 Å². The van der Waals surface area contributed by atoms with Gasteiger partial charge in [0.05, 0.1) is 34.5 Å². The van der Waals surface area contributed by atoms with Crippen LogP contribution in [0, 0.1) is 5.92 Å². The predicted octanol–water partition coefficient (Wildman–Crippen LogP) is 4.98. The van der Waals surface area contributed by atoms with Gasteiger partial charge in [0.1, 0.15) is 5.56 Å². The van der Waals surface area contributed by atoms with Crippen molar-refractivity contribution in [3.8, 4) is 28.3 Å². The second-order valence-corrected chi connectivity index (χ2v) is 10.6. The summed E-state index contributed by atoms with van der Waals surface area (Å²) in [6, 6.07) is 15.7. The van der Waals surface area contributed by atoms with Crippen LogP contribution in [0.4, 0.5) is 5.69 Å². The Labute approximate surface area is 251 Å². The van der Waals surface area contributed by atoms with Crippen LogP contribution in [-0.2, 0) is 18.4 Å². The Kier molecular flexibility index (Phi) is 8.58. The number of nitrogens with zero attached hydrogens (tertiary/aromatic N) is 4. The minimum Gasteiger partial charge on any atom is -0.481 e. The summed E-state index contributed by atoms with van der Waals surface area (Å²) in [5.74, 6) is -1.33. The maximum Gasteiger partial charge on any atom is 0.307 e. The van der Waals surface area contributed by atoms with Gasteiger partial charge in [0, 0.05) is 48.6 Å². The third-order valence-corrected chi connectivity index (χ3v) is 8.02. The molecule has 12 heteroatoms. The number of aliphatic carboxylic acids is 1. The molecular formula is C30H27Cl2N5O5. The van der Waals surface area contributed by atoms with Crippen LogP contribution in [0.2, 0.25) is 10.0 Å². The third-order valence-electron chi connectivity index (χ3n) is 7.21. The molecule has 216 valence electrons. The van der Waals surface area contributed by atoms with Gasteiger partial charge in [-0.15, -0.1) is 0 Å². The Morgan fingerprint density at radius 3 is 2.48 bits per heavy atom. The van der Waals surface area contributed by atoms with E-state index in [4.69, 9.17) is 32.9 Å². The fourth-order valence-corrected chi connectivity index (χ4v) is 5.58. The number of carboxylic acids is 1.